The van der Waals surface area contributed by atoms with E-state index in [2.05, 4.69) is 19.2 Å². The Bertz CT molecular complexity index is 816. The molecule has 33 heavy (non-hydrogen) atoms. The molecule has 3 fully saturated rings. The number of hydrogen-bond donors (Lipinski definition) is 1. The highest BCUT2D eigenvalue weighted by molar-refractivity contribution is 7.82. The first-order valence-corrected chi connectivity index (χ1v) is 13.4. The number of carbonyl (C=O) groups is 1. The van der Waals surface area contributed by atoms with Crippen molar-refractivity contribution >= 4 is 17.1 Å². The molecule has 1 aromatic carbocycles. The minimum absolute atomic E-state index is 0.0201. The van der Waals surface area contributed by atoms with Crippen LogP contribution in [0.25, 0.3) is 0 Å². The van der Waals surface area contributed by atoms with Crippen molar-refractivity contribution in [3.05, 3.63) is 24.3 Å². The number of ether oxygens (including phenoxy) is 3. The van der Waals surface area contributed by atoms with Gasteiger partial charge in [-0.2, -0.15) is 0 Å². The molecule has 3 aliphatic rings. The number of rotatable bonds is 10. The molecule has 5 unspecified atom stereocenters. The molecule has 0 bridgehead atoms. The molecule has 1 aliphatic heterocycles. The SMILES string of the molecule is COc1ccc(S(=O)N(CCCNC(=O)OC2C[C@H]3COC4CCCC2C43)CC(C)C)cc1. The third-order valence-corrected chi connectivity index (χ3v) is 8.68. The number of carbonyl (C=O) groups excluding carboxylic acids is 1. The van der Waals surface area contributed by atoms with Gasteiger partial charge in [0, 0.05) is 25.6 Å². The summed E-state index contributed by atoms with van der Waals surface area (Å²) >= 11 is 0. The summed E-state index contributed by atoms with van der Waals surface area (Å²) in [4.78, 5) is 13.2. The van der Waals surface area contributed by atoms with Gasteiger partial charge in [-0.05, 0) is 67.7 Å². The smallest absolute Gasteiger partial charge is 0.407 e. The van der Waals surface area contributed by atoms with Gasteiger partial charge >= 0.3 is 6.09 Å². The second-order valence-corrected chi connectivity index (χ2v) is 11.5. The summed E-state index contributed by atoms with van der Waals surface area (Å²) in [5.74, 6) is 2.71. The van der Waals surface area contributed by atoms with Crippen molar-refractivity contribution in [1.82, 2.24) is 9.62 Å². The zero-order valence-electron chi connectivity index (χ0n) is 20.0. The molecule has 4 rings (SSSR count). The predicted molar refractivity (Wildman–Crippen MR) is 127 cm³/mol. The molecular weight excluding hydrogens is 440 g/mol. The molecule has 184 valence electrons. The van der Waals surface area contributed by atoms with Gasteiger partial charge in [-0.15, -0.1) is 0 Å². The fourth-order valence-electron chi connectivity index (χ4n) is 5.80. The molecule has 0 spiro atoms. The lowest BCUT2D eigenvalue weighted by atomic mass is 9.77. The van der Waals surface area contributed by atoms with Crippen LogP contribution >= 0.6 is 0 Å². The van der Waals surface area contributed by atoms with Crippen LogP contribution < -0.4 is 10.1 Å². The summed E-state index contributed by atoms with van der Waals surface area (Å²) in [6, 6.07) is 7.35. The van der Waals surface area contributed by atoms with Crippen molar-refractivity contribution in [2.24, 2.45) is 23.7 Å². The van der Waals surface area contributed by atoms with Gasteiger partial charge in [-0.1, -0.05) is 20.3 Å². The lowest BCUT2D eigenvalue weighted by molar-refractivity contribution is -0.00174. The Balaban J connectivity index is 1.23. The second kappa shape index (κ2) is 11.2. The topological polar surface area (TPSA) is 77.1 Å². The van der Waals surface area contributed by atoms with E-state index in [-0.39, 0.29) is 12.2 Å². The average molecular weight is 479 g/mol. The van der Waals surface area contributed by atoms with Crippen LogP contribution in [0.5, 0.6) is 5.75 Å². The fourth-order valence-corrected chi connectivity index (χ4v) is 7.20. The summed E-state index contributed by atoms with van der Waals surface area (Å²) in [6.45, 7) is 6.91. The first kappa shape index (κ1) is 24.5. The number of nitrogens with zero attached hydrogens (tertiary/aromatic N) is 1. The lowest BCUT2D eigenvalue weighted by Crippen LogP contribution is -2.37. The average Bonchev–Trinajstić information content (AvgIpc) is 3.39. The Morgan fingerprint density at radius 1 is 1.27 bits per heavy atom. The van der Waals surface area contributed by atoms with Crippen molar-refractivity contribution in [3.8, 4) is 5.75 Å². The van der Waals surface area contributed by atoms with E-state index >= 15 is 0 Å². The lowest BCUT2D eigenvalue weighted by Gasteiger charge is -2.32. The number of nitrogens with one attached hydrogen (secondary N) is 1. The van der Waals surface area contributed by atoms with Crippen LogP contribution in [-0.4, -0.2) is 60.2 Å². The van der Waals surface area contributed by atoms with Gasteiger partial charge in [0.1, 0.15) is 22.8 Å². The van der Waals surface area contributed by atoms with Crippen molar-refractivity contribution < 1.29 is 23.2 Å². The van der Waals surface area contributed by atoms with Gasteiger partial charge in [0.2, 0.25) is 0 Å². The maximum Gasteiger partial charge on any atom is 0.407 e. The fraction of sp³-hybridized carbons (Fsp3) is 0.720. The van der Waals surface area contributed by atoms with Gasteiger partial charge in [0.25, 0.3) is 0 Å². The van der Waals surface area contributed by atoms with Crippen LogP contribution in [0.1, 0.15) is 46.0 Å². The molecule has 1 N–H and O–H groups in total. The number of methoxy groups -OCH3 is 1. The Labute approximate surface area is 200 Å². The molecule has 0 radical (unpaired) electrons. The number of hydrogen-bond acceptors (Lipinski definition) is 5. The Kier molecular flexibility index (Phi) is 8.30. The molecule has 0 aromatic heterocycles. The summed E-state index contributed by atoms with van der Waals surface area (Å²) in [6.07, 6.45) is 5.17. The quantitative estimate of drug-likeness (QED) is 0.515. The summed E-state index contributed by atoms with van der Waals surface area (Å²) in [7, 11) is 0.365. The molecule has 1 amide bonds. The minimum Gasteiger partial charge on any atom is -0.497 e. The van der Waals surface area contributed by atoms with Crippen LogP contribution in [0.2, 0.25) is 0 Å². The molecular formula is C25H38N2O5S. The highest BCUT2D eigenvalue weighted by Crippen LogP contribution is 2.51. The van der Waals surface area contributed by atoms with E-state index in [1.54, 1.807) is 7.11 Å². The van der Waals surface area contributed by atoms with Gasteiger partial charge in [0.15, 0.2) is 0 Å². The zero-order valence-corrected chi connectivity index (χ0v) is 20.9. The zero-order chi connectivity index (χ0) is 23.4. The van der Waals surface area contributed by atoms with E-state index in [4.69, 9.17) is 14.2 Å². The van der Waals surface area contributed by atoms with E-state index in [9.17, 15) is 9.00 Å². The normalized spacial score (nSPS) is 29.2. The summed E-state index contributed by atoms with van der Waals surface area (Å²) < 4.78 is 32.1. The van der Waals surface area contributed by atoms with E-state index in [1.165, 1.54) is 0 Å². The molecule has 6 atom stereocenters. The van der Waals surface area contributed by atoms with Crippen molar-refractivity contribution in [1.29, 1.82) is 0 Å². The summed E-state index contributed by atoms with van der Waals surface area (Å²) in [5.41, 5.74) is 0. The third-order valence-electron chi connectivity index (χ3n) is 7.21. The van der Waals surface area contributed by atoms with Gasteiger partial charge < -0.3 is 19.5 Å². The minimum atomic E-state index is -1.25. The van der Waals surface area contributed by atoms with Crippen molar-refractivity contribution in [2.45, 2.75) is 63.1 Å². The van der Waals surface area contributed by atoms with Crippen molar-refractivity contribution in [2.75, 3.05) is 33.4 Å². The molecule has 2 saturated carbocycles. The van der Waals surface area contributed by atoms with E-state index in [0.29, 0.717) is 49.3 Å². The molecule has 8 heteroatoms. The molecule has 7 nitrogen and oxygen atoms in total. The van der Waals surface area contributed by atoms with Crippen LogP contribution in [0, 0.1) is 23.7 Å². The highest BCUT2D eigenvalue weighted by Gasteiger charge is 2.53. The Hall–Kier alpha value is -1.64. The molecule has 1 saturated heterocycles. The first-order valence-electron chi connectivity index (χ1n) is 12.3. The Morgan fingerprint density at radius 3 is 2.79 bits per heavy atom. The highest BCUT2D eigenvalue weighted by atomic mass is 32.2. The van der Waals surface area contributed by atoms with Crippen molar-refractivity contribution in [3.63, 3.8) is 0 Å². The molecule has 2 aliphatic carbocycles. The maximum atomic E-state index is 13.1. The maximum absolute atomic E-state index is 13.1. The van der Waals surface area contributed by atoms with Crippen LogP contribution in [0.15, 0.2) is 29.2 Å². The summed E-state index contributed by atoms with van der Waals surface area (Å²) in [5, 5.41) is 2.92. The third kappa shape index (κ3) is 5.89. The van der Waals surface area contributed by atoms with Crippen LogP contribution in [0.3, 0.4) is 0 Å². The van der Waals surface area contributed by atoms with Gasteiger partial charge in [-0.25, -0.2) is 13.3 Å². The number of alkyl carbamates (subject to hydrolysis) is 1. The van der Waals surface area contributed by atoms with Gasteiger partial charge in [-0.3, -0.25) is 0 Å². The number of amides is 1. The molecule has 1 aromatic rings. The Morgan fingerprint density at radius 2 is 2.06 bits per heavy atom. The standard InChI is InChI=1S/C25H38N2O5S/c1-17(2)15-27(33(29)20-10-8-19(30-3)9-11-20)13-5-12-26-25(28)32-23-14-18-16-31-22-7-4-6-21(23)24(18)22/h8-11,17-18,21-24H,4-7,12-16H2,1-3H3,(H,26,28)/t18-,21?,22?,23?,24?,33?/m0/s1. The van der Waals surface area contributed by atoms with E-state index in [0.717, 1.165) is 49.5 Å². The predicted octanol–water partition coefficient (Wildman–Crippen LogP) is 4.00. The van der Waals surface area contributed by atoms with Crippen LogP contribution in [-0.2, 0) is 20.5 Å². The second-order valence-electron chi connectivity index (χ2n) is 9.97. The van der Waals surface area contributed by atoms with E-state index in [1.807, 2.05) is 28.6 Å². The monoisotopic (exact) mass is 478 g/mol. The largest absolute Gasteiger partial charge is 0.497 e. The first-order chi connectivity index (χ1) is 16.0. The number of benzene rings is 1. The molecule has 1 heterocycles. The van der Waals surface area contributed by atoms with Crippen LogP contribution in [0.4, 0.5) is 4.79 Å². The van der Waals surface area contributed by atoms with Gasteiger partial charge in [0.05, 0.1) is 24.7 Å². The van der Waals surface area contributed by atoms with E-state index < -0.39 is 11.0 Å².